The van der Waals surface area contributed by atoms with E-state index < -0.39 is 95.7 Å². The Balaban J connectivity index is 2.67. The van der Waals surface area contributed by atoms with E-state index in [1.807, 2.05) is 37.3 Å². The molecule has 0 radical (unpaired) electrons. The third-order valence-corrected chi connectivity index (χ3v) is 12.5. The number of phosphoric acid groups is 2. The van der Waals surface area contributed by atoms with Crippen LogP contribution in [0, 0.1) is 0 Å². The second-order valence-electron chi connectivity index (χ2n) is 17.2. The highest BCUT2D eigenvalue weighted by Gasteiger charge is 2.54. The Labute approximate surface area is 409 Å². The van der Waals surface area contributed by atoms with Gasteiger partial charge in [-0.15, -0.1) is 0 Å². The highest BCUT2D eigenvalue weighted by atomic mass is 31.2. The highest BCUT2D eigenvalue weighted by Crippen LogP contribution is 2.49. The van der Waals surface area contributed by atoms with E-state index in [-0.39, 0.29) is 12.8 Å². The average Bonchev–Trinajstić information content (AvgIpc) is 3.29. The number of allylic oxidation sites excluding steroid dienone is 8. The van der Waals surface area contributed by atoms with Crippen LogP contribution in [-0.4, -0.2) is 125 Å². The maximum absolute atomic E-state index is 13.0. The quantitative estimate of drug-likeness (QED) is 0.00940. The van der Waals surface area contributed by atoms with Crippen LogP contribution in [0.25, 0.3) is 0 Å². The summed E-state index contributed by atoms with van der Waals surface area (Å²) in [5, 5.41) is 61.3. The van der Waals surface area contributed by atoms with Crippen LogP contribution in [0.1, 0.15) is 155 Å². The van der Waals surface area contributed by atoms with E-state index in [0.717, 1.165) is 32.1 Å². The SMILES string of the molecule is CC/C=C\C[C@@H](O)/C=C/C=C\C/C=C\C=C\[C@@H](O)/C=C\CCCC(=O)OC[C@H](COP(=O)(O)O[C@H]1C(O)C(O)C(O)[C@@H](OP(=O)(O)O)C1O)OC(=O)CCCCCCCCCCCCCCCCC. The predicted molar refractivity (Wildman–Crippen MR) is 262 cm³/mol. The van der Waals surface area contributed by atoms with Crippen molar-refractivity contribution in [2.45, 2.75) is 210 Å². The summed E-state index contributed by atoms with van der Waals surface area (Å²) >= 11 is 0. The summed E-state index contributed by atoms with van der Waals surface area (Å²) in [6.45, 7) is 2.76. The number of hydrogen-bond acceptors (Lipinski definition) is 15. The third-order valence-electron chi connectivity index (χ3n) is 11.0. The molecular weight excluding hydrogens is 938 g/mol. The summed E-state index contributed by atoms with van der Waals surface area (Å²) in [5.41, 5.74) is 0. The van der Waals surface area contributed by atoms with Gasteiger partial charge in [-0.1, -0.05) is 177 Å². The Bertz CT molecular complexity index is 1640. The minimum atomic E-state index is -5.39. The molecule has 0 spiro atoms. The van der Waals surface area contributed by atoms with Crippen molar-refractivity contribution in [1.29, 1.82) is 0 Å². The van der Waals surface area contributed by atoms with E-state index >= 15 is 0 Å². The van der Waals surface area contributed by atoms with Crippen molar-refractivity contribution in [3.05, 3.63) is 72.9 Å². The fourth-order valence-corrected chi connectivity index (χ4v) is 8.66. The molecule has 20 heteroatoms. The first-order valence-corrected chi connectivity index (χ1v) is 27.7. The van der Waals surface area contributed by atoms with Gasteiger partial charge >= 0.3 is 27.6 Å². The van der Waals surface area contributed by atoms with Crippen molar-refractivity contribution >= 4 is 27.6 Å². The Hall–Kier alpha value is -2.64. The first-order valence-electron chi connectivity index (χ1n) is 24.7. The first-order chi connectivity index (χ1) is 32.9. The number of esters is 2. The van der Waals surface area contributed by atoms with Crippen LogP contribution in [0.5, 0.6) is 0 Å². The molecule has 398 valence electrons. The van der Waals surface area contributed by atoms with Gasteiger partial charge in [0.2, 0.25) is 0 Å². The lowest BCUT2D eigenvalue weighted by Crippen LogP contribution is -2.64. The molecule has 9 N–H and O–H groups in total. The number of aliphatic hydroxyl groups is 6. The molecule has 1 aliphatic rings. The van der Waals surface area contributed by atoms with Gasteiger partial charge < -0.3 is 54.8 Å². The minimum absolute atomic E-state index is 0.000685. The number of phosphoric ester groups is 2. The summed E-state index contributed by atoms with van der Waals surface area (Å²) in [4.78, 5) is 54.3. The monoisotopic (exact) mass is 1020 g/mol. The molecule has 1 aliphatic carbocycles. The van der Waals surface area contributed by atoms with Crippen molar-refractivity contribution in [1.82, 2.24) is 0 Å². The van der Waals surface area contributed by atoms with Crippen LogP contribution in [0.4, 0.5) is 0 Å². The largest absolute Gasteiger partial charge is 0.472 e. The van der Waals surface area contributed by atoms with Gasteiger partial charge in [0.1, 0.15) is 43.2 Å². The maximum Gasteiger partial charge on any atom is 0.472 e. The summed E-state index contributed by atoms with van der Waals surface area (Å²) in [5.74, 6) is -1.39. The predicted octanol–water partition coefficient (Wildman–Crippen LogP) is 7.56. The van der Waals surface area contributed by atoms with Crippen molar-refractivity contribution < 1.29 is 87.1 Å². The number of rotatable bonds is 40. The summed E-state index contributed by atoms with van der Waals surface area (Å²) in [7, 11) is -10.7. The number of ether oxygens (including phenoxy) is 2. The normalized spacial score (nSPS) is 22.7. The molecule has 0 aliphatic heterocycles. The van der Waals surface area contributed by atoms with Crippen LogP contribution in [0.2, 0.25) is 0 Å². The zero-order valence-corrected chi connectivity index (χ0v) is 42.5. The maximum atomic E-state index is 13.0. The lowest BCUT2D eigenvalue weighted by molar-refractivity contribution is -0.216. The van der Waals surface area contributed by atoms with Gasteiger partial charge in [-0.2, -0.15) is 0 Å². The number of aliphatic hydroxyl groups excluding tert-OH is 6. The van der Waals surface area contributed by atoms with Gasteiger partial charge in [-0.25, -0.2) is 9.13 Å². The van der Waals surface area contributed by atoms with Crippen LogP contribution >= 0.6 is 15.6 Å². The standard InChI is InChI=1S/C49H84O18P2/c1-3-5-7-8-9-10-11-12-13-14-15-16-20-23-29-36-43(53)65-41(38-64-69(61,62)67-49-46(56)44(54)45(55)48(47(49)57)66-68(58,59)60)37-63-42(52)35-30-24-28-34-40(51)33-27-22-19-17-18-21-26-32-39(50)31-25-6-4-2/h6,18-19,21-22,25-28,32-34,39-41,44-51,54-57H,3-5,7-17,20,23-24,29-31,35-38H2,1-2H3,(H,61,62)(H2,58,59,60)/b21-18-,22-19-,25-6-,32-26+,33-27+,34-28-/t39-,40-,41-,44?,45?,46?,47?,48-,49+/m1/s1. The summed E-state index contributed by atoms with van der Waals surface area (Å²) in [6.07, 6.45) is 24.9. The van der Waals surface area contributed by atoms with E-state index in [4.69, 9.17) is 18.5 Å². The van der Waals surface area contributed by atoms with Gasteiger partial charge in [0.25, 0.3) is 0 Å². The Morgan fingerprint density at radius 2 is 1.10 bits per heavy atom. The molecule has 1 fully saturated rings. The van der Waals surface area contributed by atoms with Gasteiger partial charge in [0.05, 0.1) is 18.8 Å². The van der Waals surface area contributed by atoms with E-state index in [0.29, 0.717) is 32.1 Å². The average molecular weight is 1020 g/mol. The van der Waals surface area contributed by atoms with E-state index in [1.54, 1.807) is 42.5 Å². The minimum Gasteiger partial charge on any atom is -0.462 e. The molecule has 1 rings (SSSR count). The van der Waals surface area contributed by atoms with E-state index in [1.165, 1.54) is 64.2 Å². The molecule has 0 aromatic heterocycles. The van der Waals surface area contributed by atoms with Crippen LogP contribution < -0.4 is 0 Å². The van der Waals surface area contributed by atoms with Crippen LogP contribution in [0.3, 0.4) is 0 Å². The summed E-state index contributed by atoms with van der Waals surface area (Å²) < 4.78 is 49.3. The van der Waals surface area contributed by atoms with Crippen LogP contribution in [-0.2, 0) is 41.8 Å². The zero-order chi connectivity index (χ0) is 51.3. The van der Waals surface area contributed by atoms with E-state index in [2.05, 4.69) is 11.4 Å². The topological polar surface area (TPSA) is 296 Å². The molecule has 0 amide bonds. The number of carbonyl (C=O) groups is 2. The van der Waals surface area contributed by atoms with Gasteiger partial charge in [-0.3, -0.25) is 23.2 Å². The molecule has 0 heterocycles. The van der Waals surface area contributed by atoms with Crippen molar-refractivity contribution in [3.8, 4) is 0 Å². The molecule has 0 aromatic carbocycles. The van der Waals surface area contributed by atoms with Crippen molar-refractivity contribution in [2.75, 3.05) is 13.2 Å². The van der Waals surface area contributed by atoms with Crippen molar-refractivity contribution in [3.63, 3.8) is 0 Å². The van der Waals surface area contributed by atoms with Crippen LogP contribution in [0.15, 0.2) is 72.9 Å². The molecule has 0 saturated heterocycles. The molecule has 69 heavy (non-hydrogen) atoms. The molecule has 10 atom stereocenters. The van der Waals surface area contributed by atoms with E-state index in [9.17, 15) is 64.0 Å². The van der Waals surface area contributed by atoms with Gasteiger partial charge in [0.15, 0.2) is 6.10 Å². The smallest absolute Gasteiger partial charge is 0.462 e. The van der Waals surface area contributed by atoms with Gasteiger partial charge in [-0.05, 0) is 38.5 Å². The third kappa shape index (κ3) is 33.6. The number of hydrogen-bond donors (Lipinski definition) is 9. The molecular formula is C49H84O18P2. The molecule has 0 bridgehead atoms. The number of carbonyl (C=O) groups excluding carboxylic acids is 2. The first kappa shape index (κ1) is 64.4. The fraction of sp³-hybridized carbons (Fsp3) is 0.714. The molecule has 0 aromatic rings. The van der Waals surface area contributed by atoms with Crippen molar-refractivity contribution in [2.24, 2.45) is 0 Å². The number of unbranched alkanes of at least 4 members (excludes halogenated alkanes) is 15. The molecule has 5 unspecified atom stereocenters. The fourth-order valence-electron chi connectivity index (χ4n) is 7.12. The summed E-state index contributed by atoms with van der Waals surface area (Å²) in [6, 6.07) is 0. The Morgan fingerprint density at radius 3 is 1.67 bits per heavy atom. The second kappa shape index (κ2) is 39.0. The Kier molecular flexibility index (Phi) is 36.3. The Morgan fingerprint density at radius 1 is 0.565 bits per heavy atom. The molecule has 18 nitrogen and oxygen atoms in total. The molecule has 1 saturated carbocycles. The highest BCUT2D eigenvalue weighted by molar-refractivity contribution is 7.47. The second-order valence-corrected chi connectivity index (χ2v) is 19.8. The zero-order valence-electron chi connectivity index (χ0n) is 40.7. The lowest BCUT2D eigenvalue weighted by Gasteiger charge is -2.43. The van der Waals surface area contributed by atoms with Gasteiger partial charge in [0, 0.05) is 12.8 Å². The lowest BCUT2D eigenvalue weighted by atomic mass is 9.85.